The molecule has 0 radical (unpaired) electrons. The van der Waals surface area contributed by atoms with Crippen LogP contribution in [0.1, 0.15) is 42.0 Å². The Balaban J connectivity index is 1.69. The van der Waals surface area contributed by atoms with E-state index < -0.39 is 69.6 Å². The molecule has 1 unspecified atom stereocenters. The highest BCUT2D eigenvalue weighted by Crippen LogP contribution is 2.52. The molecule has 35 heavy (non-hydrogen) atoms. The summed E-state index contributed by atoms with van der Waals surface area (Å²) in [6.07, 6.45) is 1.28. The lowest BCUT2D eigenvalue weighted by Crippen LogP contribution is -2.65. The first-order valence-corrected chi connectivity index (χ1v) is 11.4. The van der Waals surface area contributed by atoms with Gasteiger partial charge in [-0.3, -0.25) is 19.3 Å². The molecule has 5 rings (SSSR count). The van der Waals surface area contributed by atoms with Crippen molar-refractivity contribution in [1.29, 1.82) is 0 Å². The van der Waals surface area contributed by atoms with Gasteiger partial charge in [-0.1, -0.05) is 0 Å². The first-order valence-electron chi connectivity index (χ1n) is 11.4. The number of nitrogens with two attached hydrogens (primary N) is 2. The zero-order valence-corrected chi connectivity index (χ0v) is 18.9. The average Bonchev–Trinajstić information content (AvgIpc) is 3.22. The van der Waals surface area contributed by atoms with Crippen LogP contribution >= 0.6 is 0 Å². The highest BCUT2D eigenvalue weighted by Gasteiger charge is 2.63. The third-order valence-corrected chi connectivity index (χ3v) is 8.09. The number of nitrogens with zero attached hydrogens (tertiary/aromatic N) is 1. The number of rotatable bonds is 2. The van der Waals surface area contributed by atoms with E-state index in [2.05, 4.69) is 0 Å². The summed E-state index contributed by atoms with van der Waals surface area (Å²) < 4.78 is 15.8. The van der Waals surface area contributed by atoms with Crippen LogP contribution in [0.2, 0.25) is 0 Å². The van der Waals surface area contributed by atoms with Gasteiger partial charge in [-0.25, -0.2) is 4.39 Å². The van der Waals surface area contributed by atoms with E-state index in [4.69, 9.17) is 11.5 Å². The Morgan fingerprint density at radius 2 is 1.94 bits per heavy atom. The van der Waals surface area contributed by atoms with Crippen LogP contribution in [-0.4, -0.2) is 68.0 Å². The third-order valence-electron chi connectivity index (χ3n) is 8.09. The lowest BCUT2D eigenvalue weighted by Gasteiger charge is -2.48. The zero-order chi connectivity index (χ0) is 25.6. The first-order chi connectivity index (χ1) is 16.4. The number of hydrogen-bond acceptors (Lipinski definition) is 9. The fraction of sp³-hybridized carbons (Fsp3) is 0.458. The lowest BCUT2D eigenvalue weighted by molar-refractivity contribution is -0.149. The van der Waals surface area contributed by atoms with Crippen LogP contribution in [0.15, 0.2) is 23.0 Å². The molecule has 1 saturated carbocycles. The molecule has 1 saturated heterocycles. The summed E-state index contributed by atoms with van der Waals surface area (Å²) in [5.74, 6) is -8.71. The van der Waals surface area contributed by atoms with Gasteiger partial charge in [-0.05, 0) is 51.3 Å². The molecule has 1 aromatic carbocycles. The largest absolute Gasteiger partial charge is 0.508 e. The van der Waals surface area contributed by atoms with Gasteiger partial charge >= 0.3 is 0 Å². The van der Waals surface area contributed by atoms with Crippen molar-refractivity contribution >= 4 is 23.2 Å². The fourth-order valence-corrected chi connectivity index (χ4v) is 6.33. The zero-order valence-electron chi connectivity index (χ0n) is 18.9. The summed E-state index contributed by atoms with van der Waals surface area (Å²) in [6.45, 7) is 0.769. The number of fused-ring (bicyclic) bond motifs is 3. The lowest BCUT2D eigenvalue weighted by atomic mass is 9.58. The van der Waals surface area contributed by atoms with E-state index in [1.165, 1.54) is 6.07 Å². The van der Waals surface area contributed by atoms with Gasteiger partial charge in [0, 0.05) is 28.7 Å². The van der Waals surface area contributed by atoms with Gasteiger partial charge in [0.25, 0.3) is 5.91 Å². The Labute approximate surface area is 199 Å². The predicted octanol–water partition coefficient (Wildman–Crippen LogP) is 0.267. The van der Waals surface area contributed by atoms with Crippen LogP contribution in [0.5, 0.6) is 5.75 Å². The Morgan fingerprint density at radius 3 is 2.54 bits per heavy atom. The number of carbonyl (C=O) groups is 3. The molecule has 4 aliphatic rings. The minimum absolute atomic E-state index is 0.0260. The maximum atomic E-state index is 15.8. The quantitative estimate of drug-likeness (QED) is 0.318. The fourth-order valence-electron chi connectivity index (χ4n) is 6.33. The maximum Gasteiger partial charge on any atom is 0.255 e. The summed E-state index contributed by atoms with van der Waals surface area (Å²) in [4.78, 5) is 39.9. The van der Waals surface area contributed by atoms with Crippen LogP contribution in [0, 0.1) is 17.7 Å². The van der Waals surface area contributed by atoms with E-state index in [1.54, 1.807) is 0 Å². The van der Waals surface area contributed by atoms with Gasteiger partial charge in [0.15, 0.2) is 11.4 Å². The summed E-state index contributed by atoms with van der Waals surface area (Å²) in [5, 5.41) is 43.7. The monoisotopic (exact) mass is 487 g/mol. The molecule has 2 fully saturated rings. The van der Waals surface area contributed by atoms with Gasteiger partial charge in [0.05, 0.1) is 11.6 Å². The molecule has 5 atom stereocenters. The van der Waals surface area contributed by atoms with E-state index in [-0.39, 0.29) is 41.1 Å². The van der Waals surface area contributed by atoms with E-state index in [9.17, 15) is 34.8 Å². The second-order valence-electron chi connectivity index (χ2n) is 9.87. The molecule has 1 aliphatic heterocycles. The number of primary amides is 1. The van der Waals surface area contributed by atoms with Crippen molar-refractivity contribution in [2.24, 2.45) is 23.3 Å². The molecule has 3 aliphatic carbocycles. The molecule has 10 nitrogen and oxygen atoms in total. The highest BCUT2D eigenvalue weighted by atomic mass is 19.1. The number of benzene rings is 1. The number of aliphatic hydroxyl groups is 3. The Morgan fingerprint density at radius 1 is 1.26 bits per heavy atom. The van der Waals surface area contributed by atoms with Gasteiger partial charge in [-0.2, -0.15) is 0 Å². The van der Waals surface area contributed by atoms with Crippen LogP contribution in [0.3, 0.4) is 0 Å². The van der Waals surface area contributed by atoms with Gasteiger partial charge < -0.3 is 31.9 Å². The van der Waals surface area contributed by atoms with Gasteiger partial charge in [0.1, 0.15) is 28.7 Å². The van der Waals surface area contributed by atoms with Crippen molar-refractivity contribution < 1.29 is 39.2 Å². The molecule has 186 valence electrons. The highest BCUT2D eigenvalue weighted by molar-refractivity contribution is 6.24. The van der Waals surface area contributed by atoms with Crippen molar-refractivity contribution in [3.05, 3.63) is 45.5 Å². The van der Waals surface area contributed by atoms with E-state index in [0.29, 0.717) is 6.42 Å². The van der Waals surface area contributed by atoms with E-state index >= 15 is 4.39 Å². The number of likely N-dealkylation sites (tertiary alicyclic amines) is 1. The van der Waals surface area contributed by atoms with E-state index in [0.717, 1.165) is 13.0 Å². The number of carbonyl (C=O) groups excluding carboxylic acids is 3. The topological polar surface area (TPSA) is 187 Å². The van der Waals surface area contributed by atoms with E-state index in [1.807, 2.05) is 11.9 Å². The minimum Gasteiger partial charge on any atom is -0.508 e. The normalized spacial score (nSPS) is 33.0. The van der Waals surface area contributed by atoms with Crippen LogP contribution < -0.4 is 11.5 Å². The SMILES string of the molecule is CN1CCCC1c1cc(O)c2c(c1F)C[C@H]1C[C@H]3[C@H](N)C(=O)C(C(N)=O)=C(O)[C@@]3(O)C(=O)C1=C2O. The molecule has 1 heterocycles. The van der Waals surface area contributed by atoms with Gasteiger partial charge in [0.2, 0.25) is 5.78 Å². The van der Waals surface area contributed by atoms with Crippen LogP contribution in [-0.2, 0) is 20.8 Å². The number of aliphatic hydroxyl groups excluding tert-OH is 2. The average molecular weight is 487 g/mol. The third kappa shape index (κ3) is 2.95. The van der Waals surface area contributed by atoms with Crippen molar-refractivity contribution in [2.45, 2.75) is 43.4 Å². The smallest absolute Gasteiger partial charge is 0.255 e. The number of Topliss-reactive ketones (excluding diaryl/α,β-unsaturated/α-hetero) is 2. The number of aromatic hydroxyl groups is 1. The van der Waals surface area contributed by atoms with Crippen molar-refractivity contribution in [1.82, 2.24) is 4.90 Å². The second kappa shape index (κ2) is 7.61. The number of phenols is 1. The summed E-state index contributed by atoms with van der Waals surface area (Å²) in [5.41, 5.74) is 7.12. The van der Waals surface area contributed by atoms with Gasteiger partial charge in [-0.15, -0.1) is 0 Å². The van der Waals surface area contributed by atoms with Crippen molar-refractivity contribution in [3.8, 4) is 5.75 Å². The molecular weight excluding hydrogens is 461 g/mol. The Kier molecular flexibility index (Phi) is 5.10. The molecule has 0 aromatic heterocycles. The summed E-state index contributed by atoms with van der Waals surface area (Å²) >= 11 is 0. The molecule has 0 bridgehead atoms. The molecular formula is C24H26FN3O7. The standard InChI is InChI=1S/C24H26FN3O7/c1-28-4-2-3-12(28)9-7-13(29)15-10(17(9)25)5-8-6-11-18(26)20(31)16(23(27)34)22(33)24(11,35)21(32)14(8)19(15)30/h7-8,11-12,18,29-30,33,35H,2-6,26H2,1H3,(H2,27,34)/t8-,11-,12?,18-,24-/m0/s1. The summed E-state index contributed by atoms with van der Waals surface area (Å²) in [6, 6.07) is -0.556. The molecule has 8 N–H and O–H groups in total. The second-order valence-corrected chi connectivity index (χ2v) is 9.87. The predicted molar refractivity (Wildman–Crippen MR) is 119 cm³/mol. The number of amides is 1. The van der Waals surface area contributed by atoms with Crippen LogP contribution in [0.25, 0.3) is 5.76 Å². The molecule has 1 amide bonds. The molecule has 1 aromatic rings. The number of halogens is 1. The van der Waals surface area contributed by atoms with Crippen molar-refractivity contribution in [3.63, 3.8) is 0 Å². The number of phenolic OH excluding ortho intramolecular Hbond substituents is 1. The van der Waals surface area contributed by atoms with Crippen LogP contribution in [0.4, 0.5) is 4.39 Å². The van der Waals surface area contributed by atoms with Crippen molar-refractivity contribution in [2.75, 3.05) is 13.6 Å². The Bertz CT molecular complexity index is 1270. The minimum atomic E-state index is -2.78. The Hall–Kier alpha value is -3.28. The number of hydrogen-bond donors (Lipinski definition) is 6. The maximum absolute atomic E-state index is 15.8. The first kappa shape index (κ1) is 23.5. The summed E-state index contributed by atoms with van der Waals surface area (Å²) in [7, 11) is 1.85. The number of ketones is 2. The molecule has 11 heteroatoms. The molecule has 0 spiro atoms.